The van der Waals surface area contributed by atoms with Crippen molar-refractivity contribution in [3.05, 3.63) is 66.9 Å². The van der Waals surface area contributed by atoms with Crippen LogP contribution in [0.1, 0.15) is 40.0 Å². The largest absolute Gasteiger partial charge is 0.481 e. The predicted molar refractivity (Wildman–Crippen MR) is 132 cm³/mol. The van der Waals surface area contributed by atoms with Gasteiger partial charge in [0.25, 0.3) is 0 Å². The first-order valence-corrected chi connectivity index (χ1v) is 11.6. The number of carboxylic acids is 1. The number of hydrogen-bond acceptors (Lipinski definition) is 5. The van der Waals surface area contributed by atoms with E-state index in [1.807, 2.05) is 61.7 Å². The molecule has 3 rings (SSSR count). The van der Waals surface area contributed by atoms with Gasteiger partial charge in [-0.25, -0.2) is 4.98 Å². The number of carboxylic acid groups (broad SMARTS) is 1. The van der Waals surface area contributed by atoms with Gasteiger partial charge in [0.1, 0.15) is 5.82 Å². The number of hydrogen-bond donors (Lipinski definition) is 1. The normalized spacial score (nSPS) is 12.0. The van der Waals surface area contributed by atoms with Crippen LogP contribution in [0.5, 0.6) is 0 Å². The fourth-order valence-corrected chi connectivity index (χ4v) is 3.92. The van der Waals surface area contributed by atoms with Crippen LogP contribution in [0.4, 0.5) is 5.82 Å². The lowest BCUT2D eigenvalue weighted by atomic mass is 10.0. The molecule has 1 atom stereocenters. The molecule has 1 heterocycles. The van der Waals surface area contributed by atoms with Gasteiger partial charge in [-0.2, -0.15) is 0 Å². The van der Waals surface area contributed by atoms with Crippen LogP contribution in [0.2, 0.25) is 0 Å². The van der Waals surface area contributed by atoms with E-state index in [4.69, 9.17) is 19.8 Å². The van der Waals surface area contributed by atoms with Crippen molar-refractivity contribution in [3.8, 4) is 22.5 Å². The summed E-state index contributed by atoms with van der Waals surface area (Å²) in [6.45, 7) is 7.41. The van der Waals surface area contributed by atoms with Crippen molar-refractivity contribution in [2.45, 2.75) is 52.2 Å². The van der Waals surface area contributed by atoms with Gasteiger partial charge in [0.2, 0.25) is 0 Å². The Morgan fingerprint density at radius 2 is 1.61 bits per heavy atom. The van der Waals surface area contributed by atoms with Crippen LogP contribution in [0.25, 0.3) is 22.5 Å². The molecule has 174 valence electrons. The monoisotopic (exact) mass is 447 g/mol. The van der Waals surface area contributed by atoms with E-state index in [0.717, 1.165) is 41.3 Å². The zero-order chi connectivity index (χ0) is 23.6. The van der Waals surface area contributed by atoms with Crippen molar-refractivity contribution in [3.63, 3.8) is 0 Å². The van der Waals surface area contributed by atoms with Crippen LogP contribution in [-0.2, 0) is 9.53 Å². The molecule has 2 aromatic carbocycles. The van der Waals surface area contributed by atoms with Crippen molar-refractivity contribution in [1.82, 2.24) is 9.97 Å². The Morgan fingerprint density at radius 3 is 2.15 bits per heavy atom. The summed E-state index contributed by atoms with van der Waals surface area (Å²) >= 11 is 0. The van der Waals surface area contributed by atoms with E-state index in [1.165, 1.54) is 0 Å². The predicted octanol–water partition coefficient (Wildman–Crippen LogP) is 5.69. The van der Waals surface area contributed by atoms with Gasteiger partial charge in [0, 0.05) is 30.3 Å². The third kappa shape index (κ3) is 6.86. The van der Waals surface area contributed by atoms with Gasteiger partial charge in [0.15, 0.2) is 0 Å². The van der Waals surface area contributed by atoms with Gasteiger partial charge >= 0.3 is 5.97 Å². The van der Waals surface area contributed by atoms with Gasteiger partial charge in [0.05, 0.1) is 30.1 Å². The highest BCUT2D eigenvalue weighted by Gasteiger charge is 2.19. The molecule has 0 radical (unpaired) electrons. The average Bonchev–Trinajstić information content (AvgIpc) is 2.82. The lowest BCUT2D eigenvalue weighted by Crippen LogP contribution is -2.33. The zero-order valence-corrected chi connectivity index (χ0v) is 19.6. The maximum Gasteiger partial charge on any atom is 0.305 e. The fraction of sp³-hybridized carbons (Fsp3) is 0.370. The Kier molecular flexibility index (Phi) is 8.95. The van der Waals surface area contributed by atoms with E-state index >= 15 is 0 Å². The summed E-state index contributed by atoms with van der Waals surface area (Å²) in [4.78, 5) is 23.2. The van der Waals surface area contributed by atoms with Crippen molar-refractivity contribution in [2.24, 2.45) is 0 Å². The summed E-state index contributed by atoms with van der Waals surface area (Å²) in [5.74, 6) is -0.0150. The Morgan fingerprint density at radius 1 is 1.00 bits per heavy atom. The molecule has 0 bridgehead atoms. The maximum atomic E-state index is 11.1. The second kappa shape index (κ2) is 12.1. The molecule has 1 aromatic heterocycles. The van der Waals surface area contributed by atoms with Gasteiger partial charge in [-0.1, -0.05) is 60.7 Å². The number of ether oxygens (including phenoxy) is 1. The quantitative estimate of drug-likeness (QED) is 0.385. The van der Waals surface area contributed by atoms with Crippen LogP contribution in [0.15, 0.2) is 66.9 Å². The van der Waals surface area contributed by atoms with E-state index in [0.29, 0.717) is 13.0 Å². The standard InChI is InChI=1S/C27H33N3O3/c1-4-33-23(18-25(31)32)16-11-17-30(20(2)3)24-19-28-26(21-12-7-5-8-13-21)27(29-24)22-14-9-6-10-15-22/h5-10,12-15,19-20,23H,4,11,16-18H2,1-3H3,(H,31,32). The summed E-state index contributed by atoms with van der Waals surface area (Å²) < 4.78 is 5.62. The van der Waals surface area contributed by atoms with Crippen LogP contribution >= 0.6 is 0 Å². The third-order valence-electron chi connectivity index (χ3n) is 5.50. The van der Waals surface area contributed by atoms with Crippen molar-refractivity contribution < 1.29 is 14.6 Å². The van der Waals surface area contributed by atoms with Gasteiger partial charge in [-0.15, -0.1) is 0 Å². The highest BCUT2D eigenvalue weighted by atomic mass is 16.5. The van der Waals surface area contributed by atoms with E-state index in [9.17, 15) is 4.79 Å². The zero-order valence-electron chi connectivity index (χ0n) is 19.6. The van der Waals surface area contributed by atoms with Gasteiger partial charge in [-0.05, 0) is 33.6 Å². The van der Waals surface area contributed by atoms with Crippen LogP contribution in [0.3, 0.4) is 0 Å². The highest BCUT2D eigenvalue weighted by molar-refractivity contribution is 5.78. The first kappa shape index (κ1) is 24.4. The molecule has 0 aliphatic rings. The number of aliphatic carboxylic acids is 1. The summed E-state index contributed by atoms with van der Waals surface area (Å²) in [7, 11) is 0. The highest BCUT2D eigenvalue weighted by Crippen LogP contribution is 2.31. The topological polar surface area (TPSA) is 75.5 Å². The molecule has 0 aliphatic heterocycles. The number of anilines is 1. The molecule has 1 unspecified atom stereocenters. The molecule has 33 heavy (non-hydrogen) atoms. The molecule has 1 N–H and O–H groups in total. The number of benzene rings is 2. The number of aromatic nitrogens is 2. The SMILES string of the molecule is CCOC(CCCN(c1cnc(-c2ccccc2)c(-c2ccccc2)n1)C(C)C)CC(=O)O. The van der Waals surface area contributed by atoms with E-state index < -0.39 is 5.97 Å². The van der Waals surface area contributed by atoms with Crippen molar-refractivity contribution >= 4 is 11.8 Å². The van der Waals surface area contributed by atoms with E-state index in [1.54, 1.807) is 0 Å². The Balaban J connectivity index is 1.87. The molecule has 0 spiro atoms. The third-order valence-corrected chi connectivity index (χ3v) is 5.50. The average molecular weight is 448 g/mol. The maximum absolute atomic E-state index is 11.1. The lowest BCUT2D eigenvalue weighted by Gasteiger charge is -2.29. The van der Waals surface area contributed by atoms with Gasteiger partial charge < -0.3 is 14.7 Å². The number of rotatable bonds is 12. The molecule has 0 fully saturated rings. The van der Waals surface area contributed by atoms with Crippen LogP contribution in [0, 0.1) is 0 Å². The molecular formula is C27H33N3O3. The Bertz CT molecular complexity index is 1010. The first-order chi connectivity index (χ1) is 16.0. The fourth-order valence-electron chi connectivity index (χ4n) is 3.92. The minimum absolute atomic E-state index is 0.0270. The summed E-state index contributed by atoms with van der Waals surface area (Å²) in [6.07, 6.45) is 3.09. The summed E-state index contributed by atoms with van der Waals surface area (Å²) in [6, 6.07) is 20.4. The van der Waals surface area contributed by atoms with E-state index in [-0.39, 0.29) is 18.6 Å². The van der Waals surface area contributed by atoms with Crippen molar-refractivity contribution in [1.29, 1.82) is 0 Å². The molecular weight excluding hydrogens is 414 g/mol. The molecule has 0 aliphatic carbocycles. The second-order valence-corrected chi connectivity index (χ2v) is 8.26. The minimum atomic E-state index is -0.830. The Hall–Kier alpha value is -3.25. The van der Waals surface area contributed by atoms with Gasteiger partial charge in [-0.3, -0.25) is 9.78 Å². The molecule has 0 saturated heterocycles. The van der Waals surface area contributed by atoms with E-state index in [2.05, 4.69) is 30.9 Å². The molecule has 6 heteroatoms. The smallest absolute Gasteiger partial charge is 0.305 e. The molecule has 6 nitrogen and oxygen atoms in total. The summed E-state index contributed by atoms with van der Waals surface area (Å²) in [5.41, 5.74) is 3.75. The minimum Gasteiger partial charge on any atom is -0.481 e. The second-order valence-electron chi connectivity index (χ2n) is 8.26. The molecule has 3 aromatic rings. The molecule has 0 saturated carbocycles. The summed E-state index contributed by atoms with van der Waals surface area (Å²) in [5, 5.41) is 9.14. The van der Waals surface area contributed by atoms with Crippen molar-refractivity contribution in [2.75, 3.05) is 18.1 Å². The lowest BCUT2D eigenvalue weighted by molar-refractivity contribution is -0.140. The van der Waals surface area contributed by atoms with Crippen LogP contribution < -0.4 is 4.90 Å². The number of nitrogens with zero attached hydrogens (tertiary/aromatic N) is 3. The number of carbonyl (C=O) groups is 1. The molecule has 0 amide bonds. The Labute approximate surface area is 196 Å². The van der Waals surface area contributed by atoms with Crippen LogP contribution in [-0.4, -0.2) is 46.3 Å². The first-order valence-electron chi connectivity index (χ1n) is 11.6.